The van der Waals surface area contributed by atoms with Gasteiger partial charge in [-0.3, -0.25) is 4.79 Å². The third-order valence-electron chi connectivity index (χ3n) is 1.33. The summed E-state index contributed by atoms with van der Waals surface area (Å²) in [4.78, 5) is 10.8. The van der Waals surface area contributed by atoms with Gasteiger partial charge >= 0.3 is 8.80 Å². The number of carbonyl (C=O) groups excluding carboxylic acids is 1. The van der Waals surface area contributed by atoms with Gasteiger partial charge in [0.05, 0.1) is 0 Å². The molecule has 0 bridgehead atoms. The van der Waals surface area contributed by atoms with Crippen LogP contribution in [0.5, 0.6) is 0 Å². The molecule has 4 nitrogen and oxygen atoms in total. The fraction of sp³-hybridized carbons (Fsp3) is 0.833. The van der Waals surface area contributed by atoms with Crippen LogP contribution in [-0.4, -0.2) is 58.6 Å². The minimum absolute atomic E-state index is 0. The normalized spacial score (nSPS) is 10.3. The molecule has 0 aromatic carbocycles. The zero-order valence-electron chi connectivity index (χ0n) is 8.34. The molecule has 0 atom stereocenters. The Bertz CT molecular complexity index is 138. The van der Waals surface area contributed by atoms with Crippen molar-refractivity contribution in [2.24, 2.45) is 0 Å². The molecule has 0 aliphatic heterocycles. The van der Waals surface area contributed by atoms with Gasteiger partial charge in [0.1, 0.15) is 0 Å². The van der Waals surface area contributed by atoms with Crippen molar-refractivity contribution >= 4 is 44.3 Å². The van der Waals surface area contributed by atoms with Crippen LogP contribution in [0.4, 0.5) is 0 Å². The molecule has 0 spiro atoms. The van der Waals surface area contributed by atoms with E-state index in [2.05, 4.69) is 0 Å². The van der Waals surface area contributed by atoms with Crippen molar-refractivity contribution in [1.82, 2.24) is 0 Å². The number of hydrogen-bond acceptors (Lipinski definition) is 4. The number of rotatable bonds is 4. The van der Waals surface area contributed by atoms with Gasteiger partial charge in [-0.25, -0.2) is 0 Å². The molecule has 0 aliphatic rings. The predicted molar refractivity (Wildman–Crippen MR) is 47.8 cm³/mol. The smallest absolute Gasteiger partial charge is 0.473 e. The summed E-state index contributed by atoms with van der Waals surface area (Å²) in [5.41, 5.74) is 0. The average Bonchev–Trinajstić information content (AvgIpc) is 2.04. The zero-order valence-corrected chi connectivity index (χ0v) is 11.3. The van der Waals surface area contributed by atoms with Gasteiger partial charge in [0.2, 0.25) is 0 Å². The zero-order chi connectivity index (χ0) is 8.91. The summed E-state index contributed by atoms with van der Waals surface area (Å²) in [6.07, 6.45) is 0.343. The summed E-state index contributed by atoms with van der Waals surface area (Å²) in [6.45, 7) is 3.39. The van der Waals surface area contributed by atoms with E-state index >= 15 is 0 Å². The van der Waals surface area contributed by atoms with Crippen molar-refractivity contribution in [2.75, 3.05) is 14.2 Å². The monoisotopic (exact) mass is 201 g/mol. The van der Waals surface area contributed by atoms with E-state index in [-0.39, 0.29) is 35.5 Å². The maximum absolute atomic E-state index is 10.8. The van der Waals surface area contributed by atoms with Crippen molar-refractivity contribution < 1.29 is 18.1 Å². The van der Waals surface area contributed by atoms with E-state index in [1.165, 1.54) is 14.2 Å². The Kier molecular flexibility index (Phi) is 8.87. The van der Waals surface area contributed by atoms with Gasteiger partial charge in [0.25, 0.3) is 5.97 Å². The average molecular weight is 201 g/mol. The quantitative estimate of drug-likeness (QED) is 0.618. The van der Waals surface area contributed by atoms with E-state index in [0.717, 1.165) is 0 Å². The minimum Gasteiger partial charge on any atom is -0.473 e. The van der Waals surface area contributed by atoms with Crippen molar-refractivity contribution in [3.63, 3.8) is 0 Å². The standard InChI is InChI=1S/C6H14O4Si.Na/c1-5-6(7)10-11(4,8-2)9-3;/h5H2,1-4H3;. The molecule has 0 rings (SSSR count). The SMILES string of the molecule is CCC(=O)O[Si](C)(OC)OC.[Na]. The van der Waals surface area contributed by atoms with Gasteiger partial charge in [-0.1, -0.05) is 6.92 Å². The van der Waals surface area contributed by atoms with Crippen LogP contribution in [0.3, 0.4) is 0 Å². The van der Waals surface area contributed by atoms with Crippen LogP contribution in [0.1, 0.15) is 13.3 Å². The molecule has 0 heterocycles. The molecule has 0 saturated heterocycles. The summed E-state index contributed by atoms with van der Waals surface area (Å²) >= 11 is 0. The molecule has 0 amide bonds. The van der Waals surface area contributed by atoms with Crippen LogP contribution in [0.2, 0.25) is 6.55 Å². The van der Waals surface area contributed by atoms with E-state index in [1.54, 1.807) is 13.5 Å². The second-order valence-electron chi connectivity index (χ2n) is 2.10. The van der Waals surface area contributed by atoms with Crippen molar-refractivity contribution in [3.05, 3.63) is 0 Å². The van der Waals surface area contributed by atoms with Gasteiger partial charge in [-0.05, 0) is 0 Å². The van der Waals surface area contributed by atoms with Crippen LogP contribution in [0.15, 0.2) is 0 Å². The number of hydrogen-bond donors (Lipinski definition) is 0. The molecule has 0 N–H and O–H groups in total. The topological polar surface area (TPSA) is 44.8 Å². The third-order valence-corrected chi connectivity index (χ3v) is 3.41. The van der Waals surface area contributed by atoms with E-state index < -0.39 is 8.80 Å². The Morgan fingerprint density at radius 2 is 1.75 bits per heavy atom. The van der Waals surface area contributed by atoms with Crippen LogP contribution in [-0.2, 0) is 18.1 Å². The summed E-state index contributed by atoms with van der Waals surface area (Å²) in [5.74, 6) is -0.289. The molecule has 0 fully saturated rings. The first-order valence-corrected chi connectivity index (χ1v) is 5.62. The molecule has 12 heavy (non-hydrogen) atoms. The van der Waals surface area contributed by atoms with Crippen LogP contribution in [0.25, 0.3) is 0 Å². The van der Waals surface area contributed by atoms with Crippen LogP contribution >= 0.6 is 0 Å². The third kappa shape index (κ3) is 5.29. The second kappa shape index (κ2) is 7.05. The van der Waals surface area contributed by atoms with Gasteiger partial charge in [-0.15, -0.1) is 0 Å². The van der Waals surface area contributed by atoms with E-state index in [0.29, 0.717) is 6.42 Å². The summed E-state index contributed by atoms with van der Waals surface area (Å²) < 4.78 is 14.8. The van der Waals surface area contributed by atoms with Crippen LogP contribution in [0, 0.1) is 0 Å². The molecule has 1 radical (unpaired) electrons. The first-order valence-electron chi connectivity index (χ1n) is 3.40. The summed E-state index contributed by atoms with van der Waals surface area (Å²) in [7, 11) is 0.311. The second-order valence-corrected chi connectivity index (χ2v) is 4.84. The van der Waals surface area contributed by atoms with E-state index in [9.17, 15) is 4.79 Å². The Hall–Kier alpha value is 0.607. The molecule has 6 heteroatoms. The summed E-state index contributed by atoms with van der Waals surface area (Å²) in [5, 5.41) is 0. The summed E-state index contributed by atoms with van der Waals surface area (Å²) in [6, 6.07) is 0. The van der Waals surface area contributed by atoms with Gasteiger partial charge in [-0.2, -0.15) is 0 Å². The fourth-order valence-electron chi connectivity index (χ4n) is 0.446. The minimum atomic E-state index is -2.63. The van der Waals surface area contributed by atoms with Crippen molar-refractivity contribution in [1.29, 1.82) is 0 Å². The molecular formula is C6H14NaO4Si. The number of carbonyl (C=O) groups is 1. The Morgan fingerprint density at radius 3 is 2.00 bits per heavy atom. The first kappa shape index (κ1) is 15.1. The molecule has 0 saturated carbocycles. The fourth-order valence-corrected chi connectivity index (χ4v) is 1.34. The molecule has 67 valence electrons. The van der Waals surface area contributed by atoms with Gasteiger partial charge in [0.15, 0.2) is 0 Å². The van der Waals surface area contributed by atoms with Gasteiger partial charge < -0.3 is 13.3 Å². The van der Waals surface area contributed by atoms with Crippen molar-refractivity contribution in [2.45, 2.75) is 19.9 Å². The first-order chi connectivity index (χ1) is 5.08. The molecule has 0 aromatic heterocycles. The largest absolute Gasteiger partial charge is 0.564 e. The van der Waals surface area contributed by atoms with E-state index in [1.807, 2.05) is 0 Å². The van der Waals surface area contributed by atoms with E-state index in [4.69, 9.17) is 13.3 Å². The molecule has 0 aromatic rings. The van der Waals surface area contributed by atoms with Crippen LogP contribution < -0.4 is 0 Å². The predicted octanol–water partition coefficient (Wildman–Crippen LogP) is 0.420. The Labute approximate surface area is 96.2 Å². The Morgan fingerprint density at radius 1 is 1.33 bits per heavy atom. The molecular weight excluding hydrogens is 187 g/mol. The van der Waals surface area contributed by atoms with Gasteiger partial charge in [0, 0.05) is 56.7 Å². The maximum atomic E-state index is 10.8. The maximum Gasteiger partial charge on any atom is 0.564 e. The molecule has 0 unspecified atom stereocenters. The molecule has 0 aliphatic carbocycles. The van der Waals surface area contributed by atoms with Crippen molar-refractivity contribution in [3.8, 4) is 0 Å². The Balaban J connectivity index is 0.